The van der Waals surface area contributed by atoms with Gasteiger partial charge in [0.2, 0.25) is 5.91 Å². The number of hydrogen-bond donors (Lipinski definition) is 2. The highest BCUT2D eigenvalue weighted by Crippen LogP contribution is 2.19. The summed E-state index contributed by atoms with van der Waals surface area (Å²) >= 11 is 0. The number of nitrogens with one attached hydrogen (secondary N) is 2. The van der Waals surface area contributed by atoms with E-state index >= 15 is 0 Å². The molecular formula is C19H28N4O. The molecule has 0 aromatic heterocycles. The van der Waals surface area contributed by atoms with Crippen LogP contribution < -0.4 is 10.6 Å². The van der Waals surface area contributed by atoms with Crippen LogP contribution in [0.15, 0.2) is 29.3 Å². The predicted octanol–water partition coefficient (Wildman–Crippen LogP) is 2.07. The fraction of sp³-hybridized carbons (Fsp3) is 0.579. The molecule has 1 aliphatic carbocycles. The summed E-state index contributed by atoms with van der Waals surface area (Å²) in [5.74, 6) is 0.878. The zero-order chi connectivity index (χ0) is 16.8. The number of hydrogen-bond acceptors (Lipinski definition) is 2. The maximum atomic E-state index is 12.5. The highest BCUT2D eigenvalue weighted by molar-refractivity contribution is 5.85. The van der Waals surface area contributed by atoms with Crippen LogP contribution in [0.3, 0.4) is 0 Å². The summed E-state index contributed by atoms with van der Waals surface area (Å²) in [6, 6.07) is 8.88. The molecule has 1 aromatic rings. The molecule has 3 rings (SSSR count). The Morgan fingerprint density at radius 3 is 2.75 bits per heavy atom. The van der Waals surface area contributed by atoms with Crippen LogP contribution in [0.2, 0.25) is 0 Å². The van der Waals surface area contributed by atoms with Gasteiger partial charge in [0.25, 0.3) is 0 Å². The summed E-state index contributed by atoms with van der Waals surface area (Å²) < 4.78 is 0. The zero-order valence-corrected chi connectivity index (χ0v) is 14.6. The first-order valence-electron chi connectivity index (χ1n) is 9.15. The van der Waals surface area contributed by atoms with Gasteiger partial charge in [-0.1, -0.05) is 37.1 Å². The van der Waals surface area contributed by atoms with Crippen LogP contribution in [0.5, 0.6) is 0 Å². The number of guanidine groups is 1. The molecule has 1 heterocycles. The van der Waals surface area contributed by atoms with E-state index in [9.17, 15) is 4.79 Å². The summed E-state index contributed by atoms with van der Waals surface area (Å²) in [5.41, 5.74) is 2.62. The monoisotopic (exact) mass is 328 g/mol. The Balaban J connectivity index is 1.56. The number of carbonyl (C=O) groups is 1. The van der Waals surface area contributed by atoms with Crippen LogP contribution in [0.25, 0.3) is 0 Å². The lowest BCUT2D eigenvalue weighted by molar-refractivity contribution is -0.130. The fourth-order valence-electron chi connectivity index (χ4n) is 3.54. The van der Waals surface area contributed by atoms with E-state index < -0.39 is 0 Å². The minimum Gasteiger partial charge on any atom is -0.357 e. The van der Waals surface area contributed by atoms with Gasteiger partial charge in [0, 0.05) is 25.7 Å². The van der Waals surface area contributed by atoms with Gasteiger partial charge >= 0.3 is 0 Å². The van der Waals surface area contributed by atoms with E-state index in [-0.39, 0.29) is 12.5 Å². The first-order chi connectivity index (χ1) is 11.8. The molecule has 1 amide bonds. The second kappa shape index (κ2) is 8.18. The van der Waals surface area contributed by atoms with Crippen LogP contribution in [0.1, 0.15) is 43.7 Å². The zero-order valence-electron chi connectivity index (χ0n) is 14.6. The number of nitrogens with zero attached hydrogens (tertiary/aromatic N) is 2. The molecule has 0 atom stereocenters. The second-order valence-corrected chi connectivity index (χ2v) is 6.65. The Morgan fingerprint density at radius 1 is 1.25 bits per heavy atom. The second-order valence-electron chi connectivity index (χ2n) is 6.65. The summed E-state index contributed by atoms with van der Waals surface area (Å²) in [7, 11) is 0. The van der Waals surface area contributed by atoms with Crippen molar-refractivity contribution in [3.8, 4) is 0 Å². The molecule has 0 saturated heterocycles. The third-order valence-corrected chi connectivity index (χ3v) is 4.90. The number of rotatable bonds is 4. The molecule has 2 aliphatic rings. The van der Waals surface area contributed by atoms with E-state index in [1.165, 1.54) is 36.8 Å². The SMILES string of the molecule is CCNC(=NCC(=O)N1CCc2ccccc2C1)NC1CCCC1. The van der Waals surface area contributed by atoms with Crippen molar-refractivity contribution in [1.29, 1.82) is 0 Å². The predicted molar refractivity (Wildman–Crippen MR) is 96.9 cm³/mol. The fourth-order valence-corrected chi connectivity index (χ4v) is 3.54. The molecule has 5 nitrogen and oxygen atoms in total. The van der Waals surface area contributed by atoms with Gasteiger partial charge in [-0.3, -0.25) is 4.79 Å². The van der Waals surface area contributed by atoms with Crippen molar-refractivity contribution in [2.24, 2.45) is 4.99 Å². The van der Waals surface area contributed by atoms with Crippen molar-refractivity contribution in [3.63, 3.8) is 0 Å². The number of fused-ring (bicyclic) bond motifs is 1. The lowest BCUT2D eigenvalue weighted by atomic mass is 10.00. The largest absolute Gasteiger partial charge is 0.357 e. The van der Waals surface area contributed by atoms with E-state index in [0.717, 1.165) is 25.5 Å². The lowest BCUT2D eigenvalue weighted by Crippen LogP contribution is -2.43. The van der Waals surface area contributed by atoms with Gasteiger partial charge < -0.3 is 15.5 Å². The topological polar surface area (TPSA) is 56.7 Å². The van der Waals surface area contributed by atoms with Crippen molar-refractivity contribution in [2.75, 3.05) is 19.6 Å². The molecule has 130 valence electrons. The maximum Gasteiger partial charge on any atom is 0.244 e. The van der Waals surface area contributed by atoms with Crippen molar-refractivity contribution >= 4 is 11.9 Å². The minimum absolute atomic E-state index is 0.105. The van der Waals surface area contributed by atoms with Gasteiger partial charge in [0.05, 0.1) is 0 Å². The maximum absolute atomic E-state index is 12.5. The molecular weight excluding hydrogens is 300 g/mol. The summed E-state index contributed by atoms with van der Waals surface area (Å²) in [6.07, 6.45) is 5.89. The standard InChI is InChI=1S/C19H28N4O/c1-2-20-19(22-17-9-5-6-10-17)21-13-18(24)23-12-11-15-7-3-4-8-16(15)14-23/h3-4,7-8,17H,2,5-6,9-14H2,1H3,(H2,20,21,22). The van der Waals surface area contributed by atoms with E-state index in [1.54, 1.807) is 0 Å². The van der Waals surface area contributed by atoms with Crippen molar-refractivity contribution in [1.82, 2.24) is 15.5 Å². The first kappa shape index (κ1) is 16.8. The smallest absolute Gasteiger partial charge is 0.244 e. The van der Waals surface area contributed by atoms with E-state index in [1.807, 2.05) is 11.0 Å². The van der Waals surface area contributed by atoms with Crippen molar-refractivity contribution in [2.45, 2.75) is 51.6 Å². The van der Waals surface area contributed by atoms with Crippen LogP contribution in [-0.4, -0.2) is 42.4 Å². The van der Waals surface area contributed by atoms with Gasteiger partial charge in [0.1, 0.15) is 6.54 Å². The summed E-state index contributed by atoms with van der Waals surface area (Å²) in [4.78, 5) is 18.9. The molecule has 0 spiro atoms. The first-order valence-corrected chi connectivity index (χ1v) is 9.15. The van der Waals surface area contributed by atoms with E-state index in [2.05, 4.69) is 40.7 Å². The van der Waals surface area contributed by atoms with Gasteiger partial charge in [0.15, 0.2) is 5.96 Å². The molecule has 1 saturated carbocycles. The van der Waals surface area contributed by atoms with Gasteiger partial charge in [-0.25, -0.2) is 4.99 Å². The van der Waals surface area contributed by atoms with Gasteiger partial charge in [-0.2, -0.15) is 0 Å². The minimum atomic E-state index is 0.105. The molecule has 0 bridgehead atoms. The van der Waals surface area contributed by atoms with Crippen molar-refractivity contribution < 1.29 is 4.79 Å². The average Bonchev–Trinajstić information content (AvgIpc) is 3.12. The third-order valence-electron chi connectivity index (χ3n) is 4.90. The normalized spacial score (nSPS) is 18.4. The molecule has 1 aliphatic heterocycles. The number of carbonyl (C=O) groups excluding carboxylic acids is 1. The molecule has 0 unspecified atom stereocenters. The molecule has 1 fully saturated rings. The van der Waals surface area contributed by atoms with Crippen LogP contribution >= 0.6 is 0 Å². The highest BCUT2D eigenvalue weighted by Gasteiger charge is 2.20. The van der Waals surface area contributed by atoms with Crippen LogP contribution in [0.4, 0.5) is 0 Å². The summed E-state index contributed by atoms with van der Waals surface area (Å²) in [6.45, 7) is 4.57. The molecule has 0 radical (unpaired) electrons. The number of amides is 1. The van der Waals surface area contributed by atoms with E-state index in [4.69, 9.17) is 0 Å². The molecule has 2 N–H and O–H groups in total. The van der Waals surface area contributed by atoms with Crippen molar-refractivity contribution in [3.05, 3.63) is 35.4 Å². The highest BCUT2D eigenvalue weighted by atomic mass is 16.2. The Labute approximate surface area is 144 Å². The number of aliphatic imine (C=N–C) groups is 1. The van der Waals surface area contributed by atoms with Crippen LogP contribution in [-0.2, 0) is 17.8 Å². The van der Waals surface area contributed by atoms with Crippen LogP contribution in [0, 0.1) is 0 Å². The summed E-state index contributed by atoms with van der Waals surface area (Å²) in [5, 5.41) is 6.71. The number of benzene rings is 1. The van der Waals surface area contributed by atoms with Gasteiger partial charge in [-0.05, 0) is 37.3 Å². The van der Waals surface area contributed by atoms with Gasteiger partial charge in [-0.15, -0.1) is 0 Å². The molecule has 24 heavy (non-hydrogen) atoms. The third kappa shape index (κ3) is 4.28. The Bertz CT molecular complexity index is 593. The molecule has 1 aromatic carbocycles. The quantitative estimate of drug-likeness (QED) is 0.657. The Morgan fingerprint density at radius 2 is 2.00 bits per heavy atom. The lowest BCUT2D eigenvalue weighted by Gasteiger charge is -2.28. The Kier molecular flexibility index (Phi) is 5.72. The molecule has 5 heteroatoms. The Hall–Kier alpha value is -2.04. The average molecular weight is 328 g/mol. The van der Waals surface area contributed by atoms with E-state index in [0.29, 0.717) is 12.6 Å².